The molecule has 0 aliphatic rings. The van der Waals surface area contributed by atoms with E-state index in [2.05, 4.69) is 10.6 Å². The van der Waals surface area contributed by atoms with Crippen molar-refractivity contribution in [3.63, 3.8) is 0 Å². The molecule has 2 aromatic carbocycles. The summed E-state index contributed by atoms with van der Waals surface area (Å²) < 4.78 is 0. The van der Waals surface area contributed by atoms with Crippen LogP contribution in [0.2, 0.25) is 0 Å². The number of amides is 3. The third kappa shape index (κ3) is 4.93. The quantitative estimate of drug-likeness (QED) is 0.889. The lowest BCUT2D eigenvalue weighted by atomic mass is 9.99. The Bertz CT molecular complexity index is 602. The molecule has 2 aromatic rings. The lowest BCUT2D eigenvalue weighted by molar-refractivity contribution is -0.119. The van der Waals surface area contributed by atoms with Gasteiger partial charge in [0, 0.05) is 14.1 Å². The van der Waals surface area contributed by atoms with Crippen molar-refractivity contribution < 1.29 is 9.59 Å². The van der Waals surface area contributed by atoms with E-state index in [1.54, 1.807) is 14.1 Å². The van der Waals surface area contributed by atoms with E-state index < -0.39 is 6.03 Å². The van der Waals surface area contributed by atoms with Crippen LogP contribution in [0.3, 0.4) is 0 Å². The van der Waals surface area contributed by atoms with Gasteiger partial charge in [-0.3, -0.25) is 15.4 Å². The van der Waals surface area contributed by atoms with Crippen LogP contribution in [0.4, 0.5) is 4.79 Å². The molecule has 0 aromatic heterocycles. The van der Waals surface area contributed by atoms with E-state index in [0.717, 1.165) is 11.1 Å². The second-order valence-corrected chi connectivity index (χ2v) is 5.38. The van der Waals surface area contributed by atoms with Crippen LogP contribution in [-0.4, -0.2) is 37.5 Å². The fourth-order valence-corrected chi connectivity index (χ4v) is 2.19. The van der Waals surface area contributed by atoms with Crippen molar-refractivity contribution in [3.8, 4) is 0 Å². The minimum Gasteiger partial charge on any atom is -0.331 e. The molecule has 0 saturated heterocycles. The Balaban J connectivity index is 2.08. The Labute approximate surface area is 136 Å². The first kappa shape index (κ1) is 16.7. The van der Waals surface area contributed by atoms with Crippen molar-refractivity contribution in [2.24, 2.45) is 0 Å². The minimum absolute atomic E-state index is 0.0496. The van der Waals surface area contributed by atoms with Gasteiger partial charge in [0.1, 0.15) is 0 Å². The van der Waals surface area contributed by atoms with Crippen molar-refractivity contribution in [1.82, 2.24) is 15.5 Å². The second kappa shape index (κ2) is 8.10. The molecule has 120 valence electrons. The molecule has 0 unspecified atom stereocenters. The number of benzene rings is 2. The largest absolute Gasteiger partial charge is 0.331 e. The van der Waals surface area contributed by atoms with Crippen molar-refractivity contribution >= 4 is 11.9 Å². The SMILES string of the molecule is CN(C)C(=O)NC(=O)CNC(c1ccccc1)c1ccccc1. The Morgan fingerprint density at radius 3 is 1.83 bits per heavy atom. The zero-order chi connectivity index (χ0) is 16.7. The van der Waals surface area contributed by atoms with Gasteiger partial charge in [-0.05, 0) is 11.1 Å². The predicted molar refractivity (Wildman–Crippen MR) is 90.0 cm³/mol. The molecule has 3 amide bonds. The highest BCUT2D eigenvalue weighted by Crippen LogP contribution is 2.21. The van der Waals surface area contributed by atoms with Gasteiger partial charge in [-0.2, -0.15) is 0 Å². The molecule has 2 rings (SSSR count). The zero-order valence-electron chi connectivity index (χ0n) is 13.3. The van der Waals surface area contributed by atoms with Gasteiger partial charge in [0.15, 0.2) is 0 Å². The molecule has 5 nitrogen and oxygen atoms in total. The molecule has 23 heavy (non-hydrogen) atoms. The van der Waals surface area contributed by atoms with Crippen LogP contribution >= 0.6 is 0 Å². The maximum absolute atomic E-state index is 11.9. The molecule has 0 fully saturated rings. The van der Waals surface area contributed by atoms with Gasteiger partial charge in [-0.25, -0.2) is 4.79 Å². The van der Waals surface area contributed by atoms with Crippen LogP contribution in [-0.2, 0) is 4.79 Å². The summed E-state index contributed by atoms with van der Waals surface area (Å²) >= 11 is 0. The molecule has 5 heteroatoms. The summed E-state index contributed by atoms with van der Waals surface area (Å²) in [5, 5.41) is 5.54. The molecule has 0 bridgehead atoms. The fourth-order valence-electron chi connectivity index (χ4n) is 2.19. The van der Waals surface area contributed by atoms with Crippen LogP contribution in [0.25, 0.3) is 0 Å². The van der Waals surface area contributed by atoms with Crippen molar-refractivity contribution in [2.45, 2.75) is 6.04 Å². The fraction of sp³-hybridized carbons (Fsp3) is 0.222. The Morgan fingerprint density at radius 1 is 0.913 bits per heavy atom. The number of imide groups is 1. The van der Waals surface area contributed by atoms with Gasteiger partial charge in [0.25, 0.3) is 0 Å². The monoisotopic (exact) mass is 311 g/mol. The van der Waals surface area contributed by atoms with E-state index >= 15 is 0 Å². The predicted octanol–water partition coefficient (Wildman–Crippen LogP) is 2.16. The van der Waals surface area contributed by atoms with Gasteiger partial charge in [-0.1, -0.05) is 60.7 Å². The van der Waals surface area contributed by atoms with Crippen LogP contribution < -0.4 is 10.6 Å². The van der Waals surface area contributed by atoms with E-state index in [9.17, 15) is 9.59 Å². The van der Waals surface area contributed by atoms with E-state index in [4.69, 9.17) is 0 Å². The summed E-state index contributed by atoms with van der Waals surface area (Å²) in [5.41, 5.74) is 2.12. The second-order valence-electron chi connectivity index (χ2n) is 5.38. The maximum Gasteiger partial charge on any atom is 0.323 e. The molecule has 0 aliphatic heterocycles. The molecule has 0 atom stereocenters. The Kier molecular flexibility index (Phi) is 5.88. The summed E-state index contributed by atoms with van der Waals surface area (Å²) in [6.45, 7) is 0.0496. The van der Waals surface area contributed by atoms with Crippen LogP contribution in [0.1, 0.15) is 17.2 Å². The summed E-state index contributed by atoms with van der Waals surface area (Å²) in [7, 11) is 3.18. The number of hydrogen-bond donors (Lipinski definition) is 2. The van der Waals surface area contributed by atoms with Gasteiger partial charge in [-0.15, -0.1) is 0 Å². The van der Waals surface area contributed by atoms with E-state index in [-0.39, 0.29) is 18.5 Å². The zero-order valence-corrected chi connectivity index (χ0v) is 13.3. The third-order valence-electron chi connectivity index (χ3n) is 3.39. The molecule has 0 spiro atoms. The average molecular weight is 311 g/mol. The van der Waals surface area contributed by atoms with Crippen molar-refractivity contribution in [3.05, 3.63) is 71.8 Å². The highest BCUT2D eigenvalue weighted by Gasteiger charge is 2.16. The third-order valence-corrected chi connectivity index (χ3v) is 3.39. The first-order chi connectivity index (χ1) is 11.1. The molecule has 0 saturated carbocycles. The van der Waals surface area contributed by atoms with Gasteiger partial charge in [0.2, 0.25) is 5.91 Å². The van der Waals surface area contributed by atoms with E-state index in [1.165, 1.54) is 4.90 Å². The maximum atomic E-state index is 11.9. The summed E-state index contributed by atoms with van der Waals surface area (Å²) in [5.74, 6) is -0.361. The highest BCUT2D eigenvalue weighted by atomic mass is 16.2. The Hall–Kier alpha value is -2.66. The number of urea groups is 1. The van der Waals surface area contributed by atoms with Crippen LogP contribution in [0.5, 0.6) is 0 Å². The lowest BCUT2D eigenvalue weighted by Crippen LogP contribution is -2.43. The number of nitrogens with one attached hydrogen (secondary N) is 2. The normalized spacial score (nSPS) is 10.4. The van der Waals surface area contributed by atoms with Crippen molar-refractivity contribution in [2.75, 3.05) is 20.6 Å². The summed E-state index contributed by atoms with van der Waals surface area (Å²) in [6.07, 6.45) is 0. The molecule has 0 radical (unpaired) electrons. The number of carbonyl (C=O) groups is 2. The molecule has 0 heterocycles. The molecule has 2 N–H and O–H groups in total. The highest BCUT2D eigenvalue weighted by molar-refractivity contribution is 5.95. The molecule has 0 aliphatic carbocycles. The van der Waals surface area contributed by atoms with Gasteiger partial charge in [0.05, 0.1) is 12.6 Å². The lowest BCUT2D eigenvalue weighted by Gasteiger charge is -2.20. The minimum atomic E-state index is -0.423. The first-order valence-electron chi connectivity index (χ1n) is 7.42. The average Bonchev–Trinajstić information content (AvgIpc) is 2.57. The van der Waals surface area contributed by atoms with Gasteiger partial charge >= 0.3 is 6.03 Å². The first-order valence-corrected chi connectivity index (χ1v) is 7.42. The van der Waals surface area contributed by atoms with Gasteiger partial charge < -0.3 is 4.90 Å². The summed E-state index contributed by atoms with van der Waals surface area (Å²) in [4.78, 5) is 24.7. The Morgan fingerprint density at radius 2 is 1.39 bits per heavy atom. The number of hydrogen-bond acceptors (Lipinski definition) is 3. The molecular weight excluding hydrogens is 290 g/mol. The van der Waals surface area contributed by atoms with E-state index in [0.29, 0.717) is 0 Å². The standard InChI is InChI=1S/C18H21N3O2/c1-21(2)18(23)20-16(22)13-19-17(14-9-5-3-6-10-14)15-11-7-4-8-12-15/h3-12,17,19H,13H2,1-2H3,(H,20,22,23). The van der Waals surface area contributed by atoms with E-state index in [1.807, 2.05) is 60.7 Å². The smallest absolute Gasteiger partial charge is 0.323 e. The number of carbonyl (C=O) groups excluding carboxylic acids is 2. The summed E-state index contributed by atoms with van der Waals surface area (Å²) in [6, 6.07) is 19.2. The van der Waals surface area contributed by atoms with Crippen LogP contribution in [0.15, 0.2) is 60.7 Å². The number of nitrogens with zero attached hydrogens (tertiary/aromatic N) is 1. The molecular formula is C18H21N3O2. The van der Waals surface area contributed by atoms with Crippen LogP contribution in [0, 0.1) is 0 Å². The topological polar surface area (TPSA) is 61.4 Å². The number of rotatable bonds is 5. The van der Waals surface area contributed by atoms with Crippen molar-refractivity contribution in [1.29, 1.82) is 0 Å².